The molecular formula is C27H38BrN5O3. The summed E-state index contributed by atoms with van der Waals surface area (Å²) in [6, 6.07) is 7.43. The Hall–Kier alpha value is -3.07. The van der Waals surface area contributed by atoms with Crippen LogP contribution < -0.4 is 20.3 Å². The van der Waals surface area contributed by atoms with Crippen LogP contribution in [0.1, 0.15) is 65.1 Å². The molecule has 3 rings (SSSR count). The van der Waals surface area contributed by atoms with Crippen LogP contribution >= 0.6 is 17.0 Å². The van der Waals surface area contributed by atoms with E-state index in [1.165, 1.54) is 0 Å². The zero-order valence-corrected chi connectivity index (χ0v) is 24.2. The number of amides is 1. The largest absolute Gasteiger partial charge is 0.494 e. The minimum atomic E-state index is -0.221. The number of rotatable bonds is 8. The third kappa shape index (κ3) is 5.67. The maximum absolute atomic E-state index is 13.4. The number of carbonyl (C=O) groups is 2. The zero-order valence-electron chi connectivity index (χ0n) is 22.5. The predicted octanol–water partition coefficient (Wildman–Crippen LogP) is 4.45. The van der Waals surface area contributed by atoms with Crippen LogP contribution in [0.5, 0.6) is 5.75 Å². The molecule has 36 heavy (non-hydrogen) atoms. The van der Waals surface area contributed by atoms with Crippen LogP contribution in [0, 0.1) is 5.41 Å². The average Bonchev–Trinajstić information content (AvgIpc) is 3.10. The van der Waals surface area contributed by atoms with Gasteiger partial charge in [-0.05, 0) is 42.2 Å². The van der Waals surface area contributed by atoms with E-state index in [1.807, 2.05) is 44.1 Å². The summed E-state index contributed by atoms with van der Waals surface area (Å²) in [7, 11) is 7.00. The number of carbonyl (C=O) groups excluding carboxylic acids is 2. The highest BCUT2D eigenvalue weighted by Crippen LogP contribution is 2.38. The van der Waals surface area contributed by atoms with Gasteiger partial charge in [0.25, 0.3) is 5.91 Å². The molecule has 196 valence electrons. The molecule has 0 bridgehead atoms. The topological polar surface area (TPSA) is 97.8 Å². The lowest BCUT2D eigenvalue weighted by Crippen LogP contribution is -2.30. The van der Waals surface area contributed by atoms with E-state index in [-0.39, 0.29) is 46.5 Å². The summed E-state index contributed by atoms with van der Waals surface area (Å²) in [5.74, 6) is 0.715. The molecule has 2 aromatic rings. The van der Waals surface area contributed by atoms with E-state index in [2.05, 4.69) is 31.4 Å². The van der Waals surface area contributed by atoms with Crippen LogP contribution in [-0.2, 0) is 12.0 Å². The summed E-state index contributed by atoms with van der Waals surface area (Å²) in [5.41, 5.74) is 5.00. The molecule has 0 unspecified atom stereocenters. The van der Waals surface area contributed by atoms with Gasteiger partial charge in [0, 0.05) is 56.6 Å². The van der Waals surface area contributed by atoms with E-state index in [0.717, 1.165) is 28.3 Å². The van der Waals surface area contributed by atoms with Crippen molar-refractivity contribution in [3.63, 3.8) is 0 Å². The van der Waals surface area contributed by atoms with Crippen molar-refractivity contribution < 1.29 is 14.3 Å². The molecule has 0 saturated heterocycles. The number of methoxy groups -OCH3 is 1. The number of benzene rings is 2. The van der Waals surface area contributed by atoms with E-state index >= 15 is 0 Å². The fourth-order valence-corrected chi connectivity index (χ4v) is 4.41. The minimum absolute atomic E-state index is 0. The van der Waals surface area contributed by atoms with Crippen LogP contribution in [0.3, 0.4) is 0 Å². The van der Waals surface area contributed by atoms with Crippen LogP contribution in [0.15, 0.2) is 24.3 Å². The van der Waals surface area contributed by atoms with Gasteiger partial charge in [-0.1, -0.05) is 20.8 Å². The Morgan fingerprint density at radius 1 is 1.17 bits per heavy atom. The standard InChI is InChI=1S/C27H37N5O3.BrH/c1-9-30-21-11-16(10-20(24(21)35-8)27(2,3)4)23(33)15-32-14-17-12-22(31(6)7)19(26(34)29-5)13-18(17)25(32)28;/h10-13,28,30H,9,14-15H2,1-8H3,(H,29,34);1H. The van der Waals surface area contributed by atoms with E-state index < -0.39 is 0 Å². The van der Waals surface area contributed by atoms with Gasteiger partial charge in [0.05, 0.1) is 24.9 Å². The second kappa shape index (κ2) is 11.3. The van der Waals surface area contributed by atoms with Gasteiger partial charge in [-0.15, -0.1) is 17.0 Å². The minimum Gasteiger partial charge on any atom is -0.494 e. The maximum atomic E-state index is 13.4. The van der Waals surface area contributed by atoms with Crippen LogP contribution in [0.25, 0.3) is 0 Å². The Labute approximate surface area is 224 Å². The van der Waals surface area contributed by atoms with Gasteiger partial charge in [-0.25, -0.2) is 0 Å². The molecule has 1 amide bonds. The van der Waals surface area contributed by atoms with Gasteiger partial charge in [0.2, 0.25) is 0 Å². The highest BCUT2D eigenvalue weighted by atomic mass is 79.9. The molecule has 9 heteroatoms. The van der Waals surface area contributed by atoms with Crippen molar-refractivity contribution in [3.05, 3.63) is 52.1 Å². The molecule has 0 fully saturated rings. The van der Waals surface area contributed by atoms with Gasteiger partial charge in [0.15, 0.2) is 5.78 Å². The van der Waals surface area contributed by atoms with Crippen molar-refractivity contribution in [2.45, 2.75) is 39.7 Å². The molecule has 1 aliphatic rings. The SMILES string of the molecule is Br.CCNc1cc(C(=O)CN2Cc3cc(N(C)C)c(C(=O)NC)cc3C2=N)cc(C(C)(C)C)c1OC. The summed E-state index contributed by atoms with van der Waals surface area (Å²) < 4.78 is 5.70. The molecule has 0 aromatic heterocycles. The smallest absolute Gasteiger partial charge is 0.253 e. The van der Waals surface area contributed by atoms with Crippen molar-refractivity contribution in [3.8, 4) is 5.75 Å². The number of anilines is 2. The first-order valence-corrected chi connectivity index (χ1v) is 11.8. The van der Waals surface area contributed by atoms with Crippen molar-refractivity contribution in [1.82, 2.24) is 10.2 Å². The second-order valence-corrected chi connectivity index (χ2v) is 10.0. The maximum Gasteiger partial charge on any atom is 0.253 e. The highest BCUT2D eigenvalue weighted by molar-refractivity contribution is 8.93. The fraction of sp³-hybridized carbons (Fsp3) is 0.444. The second-order valence-electron chi connectivity index (χ2n) is 10.0. The summed E-state index contributed by atoms with van der Waals surface area (Å²) in [4.78, 5) is 29.5. The molecule has 3 N–H and O–H groups in total. The number of nitrogens with zero attached hydrogens (tertiary/aromatic N) is 2. The van der Waals surface area contributed by atoms with E-state index in [0.29, 0.717) is 29.8 Å². The summed E-state index contributed by atoms with van der Waals surface area (Å²) >= 11 is 0. The molecule has 1 heterocycles. The van der Waals surface area contributed by atoms with Gasteiger partial charge < -0.3 is 25.2 Å². The monoisotopic (exact) mass is 559 g/mol. The first kappa shape index (κ1) is 29.2. The summed E-state index contributed by atoms with van der Waals surface area (Å²) in [6.45, 7) is 9.49. The third-order valence-corrected chi connectivity index (χ3v) is 6.23. The number of Topliss-reactive ketones (excluding diaryl/α,β-unsaturated/α-hetero) is 1. The number of fused-ring (bicyclic) bond motifs is 1. The van der Waals surface area contributed by atoms with E-state index in [9.17, 15) is 9.59 Å². The van der Waals surface area contributed by atoms with Crippen molar-refractivity contribution in [2.24, 2.45) is 0 Å². The van der Waals surface area contributed by atoms with Crippen LogP contribution in [0.2, 0.25) is 0 Å². The van der Waals surface area contributed by atoms with Crippen molar-refractivity contribution in [1.29, 1.82) is 5.41 Å². The average molecular weight is 561 g/mol. The molecule has 0 spiro atoms. The van der Waals surface area contributed by atoms with Gasteiger partial charge >= 0.3 is 0 Å². The summed E-state index contributed by atoms with van der Waals surface area (Å²) in [6.07, 6.45) is 0. The highest BCUT2D eigenvalue weighted by Gasteiger charge is 2.30. The lowest BCUT2D eigenvalue weighted by Gasteiger charge is -2.26. The number of ether oxygens (including phenoxy) is 1. The van der Waals surface area contributed by atoms with Gasteiger partial charge in [0.1, 0.15) is 11.6 Å². The Morgan fingerprint density at radius 2 is 1.83 bits per heavy atom. The van der Waals surface area contributed by atoms with Gasteiger partial charge in [-0.3, -0.25) is 15.0 Å². The summed E-state index contributed by atoms with van der Waals surface area (Å²) in [5, 5.41) is 14.7. The molecular weight excluding hydrogens is 522 g/mol. The normalized spacial score (nSPS) is 12.6. The fourth-order valence-electron chi connectivity index (χ4n) is 4.41. The molecule has 0 aliphatic carbocycles. The third-order valence-electron chi connectivity index (χ3n) is 6.23. The zero-order chi connectivity index (χ0) is 26.1. The number of nitrogens with one attached hydrogen (secondary N) is 3. The van der Waals surface area contributed by atoms with Crippen molar-refractivity contribution in [2.75, 3.05) is 51.6 Å². The van der Waals surface area contributed by atoms with Crippen LogP contribution in [0.4, 0.5) is 11.4 Å². The molecule has 0 atom stereocenters. The quantitative estimate of drug-likeness (QED) is 0.413. The van der Waals surface area contributed by atoms with E-state index in [4.69, 9.17) is 10.1 Å². The molecule has 8 nitrogen and oxygen atoms in total. The number of hydrogen-bond donors (Lipinski definition) is 3. The molecule has 2 aromatic carbocycles. The number of amidine groups is 1. The molecule has 0 saturated carbocycles. The Kier molecular flexibility index (Phi) is 9.18. The molecule has 0 radical (unpaired) electrons. The van der Waals surface area contributed by atoms with Crippen molar-refractivity contribution >= 4 is 45.9 Å². The Morgan fingerprint density at radius 3 is 2.36 bits per heavy atom. The van der Waals surface area contributed by atoms with E-state index in [1.54, 1.807) is 25.1 Å². The number of ketones is 1. The van der Waals surface area contributed by atoms with Gasteiger partial charge in [-0.2, -0.15) is 0 Å². The molecule has 1 aliphatic heterocycles. The lowest BCUT2D eigenvalue weighted by atomic mass is 9.84. The Bertz CT molecular complexity index is 1170. The first-order valence-electron chi connectivity index (χ1n) is 11.8. The number of hydrogen-bond acceptors (Lipinski definition) is 6. The Balaban J connectivity index is 0.00000456. The van der Waals surface area contributed by atoms with Crippen LogP contribution in [-0.4, -0.2) is 63.8 Å². The lowest BCUT2D eigenvalue weighted by molar-refractivity contribution is 0.0955. The first-order chi connectivity index (χ1) is 16.4. The number of halogens is 1. The predicted molar refractivity (Wildman–Crippen MR) is 152 cm³/mol.